The van der Waals surface area contributed by atoms with Crippen molar-refractivity contribution in [3.05, 3.63) is 70.6 Å². The SMILES string of the molecule is CCOC(=O)c1c(F)c2cc(Cl)ccc2n1Cc1ccccc1. The summed E-state index contributed by atoms with van der Waals surface area (Å²) in [6.07, 6.45) is 0. The Morgan fingerprint density at radius 1 is 1.22 bits per heavy atom. The van der Waals surface area contributed by atoms with Gasteiger partial charge < -0.3 is 9.30 Å². The van der Waals surface area contributed by atoms with E-state index in [4.69, 9.17) is 16.3 Å². The number of hydrogen-bond acceptors (Lipinski definition) is 2. The minimum Gasteiger partial charge on any atom is -0.461 e. The highest BCUT2D eigenvalue weighted by atomic mass is 35.5. The third-order valence-electron chi connectivity index (χ3n) is 3.62. The van der Waals surface area contributed by atoms with Crippen molar-refractivity contribution in [1.82, 2.24) is 4.57 Å². The molecule has 5 heteroatoms. The van der Waals surface area contributed by atoms with Crippen LogP contribution in [0.4, 0.5) is 4.39 Å². The van der Waals surface area contributed by atoms with E-state index >= 15 is 0 Å². The summed E-state index contributed by atoms with van der Waals surface area (Å²) in [5.74, 6) is -1.27. The first-order valence-corrected chi connectivity index (χ1v) is 7.68. The summed E-state index contributed by atoms with van der Waals surface area (Å²) in [4.78, 5) is 12.2. The number of aromatic nitrogens is 1. The number of ether oxygens (including phenoxy) is 1. The van der Waals surface area contributed by atoms with E-state index in [1.54, 1.807) is 23.6 Å². The van der Waals surface area contributed by atoms with Crippen molar-refractivity contribution in [2.45, 2.75) is 13.5 Å². The quantitative estimate of drug-likeness (QED) is 0.651. The first-order chi connectivity index (χ1) is 11.1. The van der Waals surface area contributed by atoms with Crippen LogP contribution in [-0.2, 0) is 11.3 Å². The molecule has 3 aromatic rings. The fourth-order valence-electron chi connectivity index (χ4n) is 2.62. The number of halogens is 2. The summed E-state index contributed by atoms with van der Waals surface area (Å²) >= 11 is 5.96. The van der Waals surface area contributed by atoms with Crippen molar-refractivity contribution in [3.63, 3.8) is 0 Å². The Balaban J connectivity index is 2.20. The molecule has 0 bridgehead atoms. The maximum atomic E-state index is 14.8. The fraction of sp³-hybridized carbons (Fsp3) is 0.167. The Morgan fingerprint density at radius 2 is 1.96 bits per heavy atom. The van der Waals surface area contributed by atoms with Crippen LogP contribution in [-0.4, -0.2) is 17.1 Å². The van der Waals surface area contributed by atoms with E-state index in [1.807, 2.05) is 30.3 Å². The van der Waals surface area contributed by atoms with Crippen LogP contribution in [0.3, 0.4) is 0 Å². The summed E-state index contributed by atoms with van der Waals surface area (Å²) in [6, 6.07) is 14.5. The van der Waals surface area contributed by atoms with Crippen molar-refractivity contribution in [2.24, 2.45) is 0 Å². The average molecular weight is 332 g/mol. The molecule has 1 aromatic heterocycles. The van der Waals surface area contributed by atoms with Crippen LogP contribution in [0.5, 0.6) is 0 Å². The molecule has 0 spiro atoms. The Labute approximate surface area is 138 Å². The van der Waals surface area contributed by atoms with E-state index in [9.17, 15) is 9.18 Å². The van der Waals surface area contributed by atoms with Crippen LogP contribution < -0.4 is 0 Å². The normalized spacial score (nSPS) is 10.9. The minimum absolute atomic E-state index is 0.0760. The molecule has 1 heterocycles. The second-order valence-electron chi connectivity index (χ2n) is 5.12. The van der Waals surface area contributed by atoms with Gasteiger partial charge in [0.1, 0.15) is 0 Å². The molecule has 3 rings (SSSR count). The molecule has 0 aliphatic heterocycles. The van der Waals surface area contributed by atoms with Crippen molar-refractivity contribution >= 4 is 28.5 Å². The van der Waals surface area contributed by atoms with Gasteiger partial charge >= 0.3 is 5.97 Å². The molecule has 3 nitrogen and oxygen atoms in total. The smallest absolute Gasteiger partial charge is 0.358 e. The van der Waals surface area contributed by atoms with E-state index in [2.05, 4.69) is 0 Å². The van der Waals surface area contributed by atoms with E-state index in [0.717, 1.165) is 5.56 Å². The van der Waals surface area contributed by atoms with E-state index in [0.29, 0.717) is 22.5 Å². The maximum absolute atomic E-state index is 14.8. The van der Waals surface area contributed by atoms with Gasteiger partial charge in [0, 0.05) is 17.0 Å². The van der Waals surface area contributed by atoms with Crippen molar-refractivity contribution in [1.29, 1.82) is 0 Å². The number of benzene rings is 2. The second kappa shape index (κ2) is 6.42. The Hall–Kier alpha value is -2.33. The first kappa shape index (κ1) is 15.6. The molecule has 0 N–H and O–H groups in total. The molecule has 23 heavy (non-hydrogen) atoms. The van der Waals surface area contributed by atoms with Gasteiger partial charge in [-0.15, -0.1) is 0 Å². The standard InChI is InChI=1S/C18H15ClFNO2/c1-2-23-18(22)17-16(20)14-10-13(19)8-9-15(14)21(17)11-12-6-4-3-5-7-12/h3-10H,2,11H2,1H3. The first-order valence-electron chi connectivity index (χ1n) is 7.30. The largest absolute Gasteiger partial charge is 0.461 e. The molecule has 2 aromatic carbocycles. The van der Waals surface area contributed by atoms with Crippen LogP contribution in [0.2, 0.25) is 5.02 Å². The zero-order valence-electron chi connectivity index (χ0n) is 12.6. The predicted molar refractivity (Wildman–Crippen MR) is 88.4 cm³/mol. The van der Waals surface area contributed by atoms with Gasteiger partial charge in [0.25, 0.3) is 0 Å². The summed E-state index contributed by atoms with van der Waals surface area (Å²) < 4.78 is 21.4. The number of carbonyl (C=O) groups is 1. The van der Waals surface area contributed by atoms with E-state index in [1.165, 1.54) is 6.07 Å². The number of fused-ring (bicyclic) bond motifs is 1. The molecule has 0 saturated carbocycles. The molecule has 0 unspecified atom stereocenters. The zero-order valence-corrected chi connectivity index (χ0v) is 13.3. The predicted octanol–water partition coefficient (Wildman–Crippen LogP) is 4.66. The number of esters is 1. The Bertz CT molecular complexity index is 858. The van der Waals surface area contributed by atoms with E-state index in [-0.39, 0.29) is 12.3 Å². The molecule has 0 atom stereocenters. The second-order valence-corrected chi connectivity index (χ2v) is 5.55. The van der Waals surface area contributed by atoms with Gasteiger partial charge in [-0.05, 0) is 30.7 Å². The number of nitrogens with zero attached hydrogens (tertiary/aromatic N) is 1. The third kappa shape index (κ3) is 2.94. The molecule has 0 aliphatic carbocycles. The van der Waals surface area contributed by atoms with Crippen LogP contribution in [0.25, 0.3) is 10.9 Å². The molecule has 0 amide bonds. The Kier molecular flexibility index (Phi) is 4.35. The fourth-order valence-corrected chi connectivity index (χ4v) is 2.79. The highest BCUT2D eigenvalue weighted by Gasteiger charge is 2.24. The molecular weight excluding hydrogens is 317 g/mol. The van der Waals surface area contributed by atoms with E-state index < -0.39 is 11.8 Å². The van der Waals surface area contributed by atoms with Crippen LogP contribution in [0.1, 0.15) is 23.0 Å². The summed E-state index contributed by atoms with van der Waals surface area (Å²) in [5, 5.41) is 0.736. The lowest BCUT2D eigenvalue weighted by molar-refractivity contribution is 0.0509. The van der Waals surface area contributed by atoms with Gasteiger partial charge in [-0.2, -0.15) is 0 Å². The lowest BCUT2D eigenvalue weighted by atomic mass is 10.2. The highest BCUT2D eigenvalue weighted by molar-refractivity contribution is 6.31. The molecular formula is C18H15ClFNO2. The van der Waals surface area contributed by atoms with Crippen LogP contribution in [0.15, 0.2) is 48.5 Å². The Morgan fingerprint density at radius 3 is 2.65 bits per heavy atom. The molecule has 0 aliphatic rings. The van der Waals surface area contributed by atoms with Gasteiger partial charge in [0.2, 0.25) is 0 Å². The average Bonchev–Trinajstić information content (AvgIpc) is 2.81. The van der Waals surface area contributed by atoms with Crippen LogP contribution in [0, 0.1) is 5.82 Å². The van der Waals surface area contributed by atoms with Gasteiger partial charge in [-0.3, -0.25) is 0 Å². The highest BCUT2D eigenvalue weighted by Crippen LogP contribution is 2.29. The minimum atomic E-state index is -0.673. The van der Waals surface area contributed by atoms with Crippen molar-refractivity contribution < 1.29 is 13.9 Å². The van der Waals surface area contributed by atoms with Crippen LogP contribution >= 0.6 is 11.6 Å². The number of hydrogen-bond donors (Lipinski definition) is 0. The number of rotatable bonds is 4. The maximum Gasteiger partial charge on any atom is 0.358 e. The van der Waals surface area contributed by atoms with Gasteiger partial charge in [-0.1, -0.05) is 41.9 Å². The molecule has 0 fully saturated rings. The number of carbonyl (C=O) groups excluding carboxylic acids is 1. The zero-order chi connectivity index (χ0) is 16.4. The van der Waals surface area contributed by atoms with Gasteiger partial charge in [0.15, 0.2) is 11.5 Å². The van der Waals surface area contributed by atoms with Crippen molar-refractivity contribution in [3.8, 4) is 0 Å². The monoisotopic (exact) mass is 331 g/mol. The molecule has 118 valence electrons. The third-order valence-corrected chi connectivity index (χ3v) is 3.85. The lowest BCUT2D eigenvalue weighted by Crippen LogP contribution is -2.14. The van der Waals surface area contributed by atoms with Gasteiger partial charge in [0.05, 0.1) is 12.1 Å². The molecule has 0 saturated heterocycles. The van der Waals surface area contributed by atoms with Crippen molar-refractivity contribution in [2.75, 3.05) is 6.61 Å². The topological polar surface area (TPSA) is 31.2 Å². The summed E-state index contributed by atoms with van der Waals surface area (Å²) in [6.45, 7) is 2.25. The molecule has 0 radical (unpaired) electrons. The van der Waals surface area contributed by atoms with Gasteiger partial charge in [-0.25, -0.2) is 9.18 Å². The summed E-state index contributed by atoms with van der Waals surface area (Å²) in [5.41, 5.74) is 1.50. The summed E-state index contributed by atoms with van der Waals surface area (Å²) in [7, 11) is 0. The lowest BCUT2D eigenvalue weighted by Gasteiger charge is -2.10.